The lowest BCUT2D eigenvalue weighted by Gasteiger charge is -2.24. The predicted molar refractivity (Wildman–Crippen MR) is 72.3 cm³/mol. The molecule has 1 heterocycles. The zero-order chi connectivity index (χ0) is 13.6. The van der Waals surface area contributed by atoms with Crippen LogP contribution in [0.5, 0.6) is 0 Å². The fourth-order valence-electron chi connectivity index (χ4n) is 3.11. The number of halogens is 2. The molecule has 0 spiro atoms. The lowest BCUT2D eigenvalue weighted by Crippen LogP contribution is -2.28. The molecule has 1 aromatic carbocycles. The minimum absolute atomic E-state index is 0.108. The Labute approximate surface area is 117 Å². The Morgan fingerprint density at radius 3 is 2.89 bits per heavy atom. The Morgan fingerprint density at radius 2 is 2.21 bits per heavy atom. The molecule has 1 aliphatic heterocycles. The van der Waals surface area contributed by atoms with E-state index in [4.69, 9.17) is 11.6 Å². The van der Waals surface area contributed by atoms with Gasteiger partial charge in [0.2, 0.25) is 5.91 Å². The molecule has 1 amide bonds. The lowest BCUT2D eigenvalue weighted by molar-refractivity contribution is -0.128. The molecule has 1 saturated carbocycles. The smallest absolute Gasteiger partial charge is 0.223 e. The number of likely N-dealkylation sites (tertiary alicyclic amines) is 1. The Bertz CT molecular complexity index is 529. The number of carbonyl (C=O) groups excluding carboxylic acids is 1. The highest BCUT2D eigenvalue weighted by Crippen LogP contribution is 2.51. The molecule has 1 aliphatic carbocycles. The highest BCUT2D eigenvalue weighted by atomic mass is 35.5. The molecule has 2 fully saturated rings. The molecule has 1 saturated heterocycles. The van der Waals surface area contributed by atoms with Gasteiger partial charge >= 0.3 is 0 Å². The average molecular weight is 282 g/mol. The van der Waals surface area contributed by atoms with Crippen molar-refractivity contribution in [3.05, 3.63) is 34.6 Å². The van der Waals surface area contributed by atoms with E-state index in [1.54, 1.807) is 6.07 Å². The van der Waals surface area contributed by atoms with Gasteiger partial charge in [-0.15, -0.1) is 0 Å². The van der Waals surface area contributed by atoms with Gasteiger partial charge in [-0.1, -0.05) is 18.5 Å². The van der Waals surface area contributed by atoms with Gasteiger partial charge in [-0.2, -0.15) is 0 Å². The van der Waals surface area contributed by atoms with Gasteiger partial charge in [0.25, 0.3) is 0 Å². The lowest BCUT2D eigenvalue weighted by atomic mass is 9.84. The van der Waals surface area contributed by atoms with Crippen LogP contribution in [-0.2, 0) is 11.3 Å². The van der Waals surface area contributed by atoms with Crippen LogP contribution in [0.2, 0.25) is 5.02 Å². The van der Waals surface area contributed by atoms with Gasteiger partial charge in [0.1, 0.15) is 5.82 Å². The minimum Gasteiger partial charge on any atom is -0.338 e. The zero-order valence-corrected chi connectivity index (χ0v) is 11.7. The normalized spacial score (nSPS) is 27.1. The van der Waals surface area contributed by atoms with E-state index in [0.29, 0.717) is 29.5 Å². The van der Waals surface area contributed by atoms with Crippen LogP contribution in [0.15, 0.2) is 18.2 Å². The predicted octanol–water partition coefficient (Wildman–Crippen LogP) is 3.63. The van der Waals surface area contributed by atoms with Gasteiger partial charge in [-0.3, -0.25) is 4.79 Å². The highest BCUT2D eigenvalue weighted by Gasteiger charge is 2.49. The first-order chi connectivity index (χ1) is 8.98. The molecule has 2 aliphatic rings. The summed E-state index contributed by atoms with van der Waals surface area (Å²) in [6.45, 7) is 3.37. The van der Waals surface area contributed by atoms with Crippen LogP contribution in [0.3, 0.4) is 0 Å². The number of benzene rings is 1. The summed E-state index contributed by atoms with van der Waals surface area (Å²) in [7, 11) is 0. The summed E-state index contributed by atoms with van der Waals surface area (Å²) >= 11 is 6.06. The maximum atomic E-state index is 13.2. The monoisotopic (exact) mass is 281 g/mol. The van der Waals surface area contributed by atoms with Crippen LogP contribution < -0.4 is 0 Å². The Kier molecular flexibility index (Phi) is 3.05. The summed E-state index contributed by atoms with van der Waals surface area (Å²) < 4.78 is 13.2. The van der Waals surface area contributed by atoms with Gasteiger partial charge in [-0.25, -0.2) is 4.39 Å². The van der Waals surface area contributed by atoms with Gasteiger partial charge < -0.3 is 4.90 Å². The van der Waals surface area contributed by atoms with Crippen molar-refractivity contribution >= 4 is 17.5 Å². The molecule has 102 valence electrons. The van der Waals surface area contributed by atoms with E-state index in [1.807, 2.05) is 4.90 Å². The number of hydrogen-bond acceptors (Lipinski definition) is 1. The molecule has 0 N–H and O–H groups in total. The molecule has 1 unspecified atom stereocenters. The molecule has 0 radical (unpaired) electrons. The summed E-state index contributed by atoms with van der Waals surface area (Å²) in [5.74, 6) is 0.537. The van der Waals surface area contributed by atoms with Crippen LogP contribution in [0, 0.1) is 17.2 Å². The number of hydrogen-bond donors (Lipinski definition) is 0. The van der Waals surface area contributed by atoms with Crippen LogP contribution in [0.25, 0.3) is 0 Å². The molecule has 1 aromatic rings. The van der Waals surface area contributed by atoms with E-state index in [9.17, 15) is 9.18 Å². The summed E-state index contributed by atoms with van der Waals surface area (Å²) in [4.78, 5) is 13.9. The Hall–Kier alpha value is -1.09. The standard InChI is InChI=1S/C15H17ClFNO/c1-15(11-2-3-11)7-14(19)18(9-15)8-10-6-12(17)4-5-13(10)16/h4-6,11H,2-3,7-9H2,1H3. The quantitative estimate of drug-likeness (QED) is 0.828. The number of nitrogens with zero attached hydrogens (tertiary/aromatic N) is 1. The van der Waals surface area contributed by atoms with Crippen molar-refractivity contribution in [3.8, 4) is 0 Å². The van der Waals surface area contributed by atoms with Crippen LogP contribution in [0.1, 0.15) is 31.7 Å². The van der Waals surface area contributed by atoms with E-state index in [2.05, 4.69) is 6.92 Å². The molecule has 19 heavy (non-hydrogen) atoms. The summed E-state index contributed by atoms with van der Waals surface area (Å²) in [5.41, 5.74) is 0.798. The first kappa shape index (κ1) is 12.9. The van der Waals surface area contributed by atoms with Crippen molar-refractivity contribution < 1.29 is 9.18 Å². The first-order valence-electron chi connectivity index (χ1n) is 6.70. The third-order valence-electron chi connectivity index (χ3n) is 4.39. The molecule has 0 bridgehead atoms. The molecule has 2 nitrogen and oxygen atoms in total. The van der Waals surface area contributed by atoms with Crippen molar-refractivity contribution in [1.29, 1.82) is 0 Å². The van der Waals surface area contributed by atoms with Gasteiger partial charge in [0, 0.05) is 24.5 Å². The van der Waals surface area contributed by atoms with Crippen LogP contribution in [-0.4, -0.2) is 17.4 Å². The fraction of sp³-hybridized carbons (Fsp3) is 0.533. The third-order valence-corrected chi connectivity index (χ3v) is 4.76. The second kappa shape index (κ2) is 4.48. The van der Waals surface area contributed by atoms with Crippen molar-refractivity contribution in [1.82, 2.24) is 4.90 Å². The number of carbonyl (C=O) groups is 1. The largest absolute Gasteiger partial charge is 0.338 e. The second-order valence-corrected chi connectivity index (χ2v) is 6.50. The summed E-state index contributed by atoms with van der Waals surface area (Å²) in [6.07, 6.45) is 3.08. The molecule has 0 aromatic heterocycles. The Morgan fingerprint density at radius 1 is 1.47 bits per heavy atom. The molecular weight excluding hydrogens is 265 g/mol. The molecular formula is C15H17ClFNO. The Balaban J connectivity index is 1.76. The van der Waals surface area contributed by atoms with E-state index >= 15 is 0 Å². The maximum Gasteiger partial charge on any atom is 0.223 e. The van der Waals surface area contributed by atoms with Crippen molar-refractivity contribution in [2.45, 2.75) is 32.7 Å². The van der Waals surface area contributed by atoms with Gasteiger partial charge in [0.15, 0.2) is 0 Å². The van der Waals surface area contributed by atoms with Gasteiger partial charge in [0.05, 0.1) is 0 Å². The molecule has 1 atom stereocenters. The van der Waals surface area contributed by atoms with Crippen molar-refractivity contribution in [2.75, 3.05) is 6.54 Å². The van der Waals surface area contributed by atoms with E-state index in [0.717, 1.165) is 6.54 Å². The van der Waals surface area contributed by atoms with E-state index < -0.39 is 0 Å². The first-order valence-corrected chi connectivity index (χ1v) is 7.07. The van der Waals surface area contributed by atoms with E-state index in [1.165, 1.54) is 25.0 Å². The summed E-state index contributed by atoms with van der Waals surface area (Å²) in [5, 5.41) is 0.522. The van der Waals surface area contributed by atoms with Gasteiger partial charge in [-0.05, 0) is 47.9 Å². The maximum absolute atomic E-state index is 13.2. The highest BCUT2D eigenvalue weighted by molar-refractivity contribution is 6.31. The third kappa shape index (κ3) is 2.48. The fourth-order valence-corrected chi connectivity index (χ4v) is 3.28. The van der Waals surface area contributed by atoms with Crippen LogP contribution >= 0.6 is 11.6 Å². The second-order valence-electron chi connectivity index (χ2n) is 6.09. The van der Waals surface area contributed by atoms with E-state index in [-0.39, 0.29) is 17.1 Å². The zero-order valence-electron chi connectivity index (χ0n) is 11.0. The SMILES string of the molecule is CC1(C2CC2)CC(=O)N(Cc2cc(F)ccc2Cl)C1. The number of amides is 1. The average Bonchev–Trinajstić information content (AvgIpc) is 3.13. The van der Waals surface area contributed by atoms with Crippen molar-refractivity contribution in [2.24, 2.45) is 11.3 Å². The minimum atomic E-state index is -0.309. The number of rotatable bonds is 3. The van der Waals surface area contributed by atoms with Crippen LogP contribution in [0.4, 0.5) is 4.39 Å². The summed E-state index contributed by atoms with van der Waals surface area (Å²) in [6, 6.07) is 4.31. The topological polar surface area (TPSA) is 20.3 Å². The molecule has 4 heteroatoms. The van der Waals surface area contributed by atoms with Crippen molar-refractivity contribution in [3.63, 3.8) is 0 Å². The molecule has 3 rings (SSSR count).